The lowest BCUT2D eigenvalue weighted by Gasteiger charge is -2.45. The van der Waals surface area contributed by atoms with E-state index in [2.05, 4.69) is 9.88 Å². The van der Waals surface area contributed by atoms with Crippen LogP contribution in [0.1, 0.15) is 37.3 Å². The summed E-state index contributed by atoms with van der Waals surface area (Å²) in [6, 6.07) is 4.84. The molecule has 98 valence electrons. The summed E-state index contributed by atoms with van der Waals surface area (Å²) in [6.45, 7) is 2.15. The molecule has 0 unspecified atom stereocenters. The highest BCUT2D eigenvalue weighted by Crippen LogP contribution is 2.35. The molecule has 0 bridgehead atoms. The monoisotopic (exact) mass is 247 g/mol. The second-order valence-electron chi connectivity index (χ2n) is 5.66. The molecule has 1 aromatic heterocycles. The normalized spacial score (nSPS) is 30.1. The lowest BCUT2D eigenvalue weighted by atomic mass is 9.82. The van der Waals surface area contributed by atoms with Crippen LogP contribution in [0.25, 0.3) is 0 Å². The number of likely N-dealkylation sites (tertiary alicyclic amines) is 1. The van der Waals surface area contributed by atoms with E-state index in [9.17, 15) is 5.11 Å². The van der Waals surface area contributed by atoms with Crippen molar-refractivity contribution < 1.29 is 5.11 Å². The van der Waals surface area contributed by atoms with Crippen LogP contribution in [0.3, 0.4) is 0 Å². The van der Waals surface area contributed by atoms with Crippen LogP contribution in [0.2, 0.25) is 0 Å². The average molecular weight is 247 g/mol. The third kappa shape index (κ3) is 2.35. The van der Waals surface area contributed by atoms with Gasteiger partial charge in [0.1, 0.15) is 5.75 Å². The summed E-state index contributed by atoms with van der Waals surface area (Å²) in [7, 11) is 0. The first-order valence-corrected chi connectivity index (χ1v) is 6.87. The van der Waals surface area contributed by atoms with Crippen molar-refractivity contribution in [1.82, 2.24) is 9.88 Å². The predicted octanol–water partition coefficient (Wildman–Crippen LogP) is 1.46. The fourth-order valence-corrected chi connectivity index (χ4v) is 3.22. The van der Waals surface area contributed by atoms with Gasteiger partial charge in [0, 0.05) is 36.8 Å². The Morgan fingerprint density at radius 2 is 1.89 bits per heavy atom. The van der Waals surface area contributed by atoms with Crippen molar-refractivity contribution >= 4 is 0 Å². The summed E-state index contributed by atoms with van der Waals surface area (Å²) in [6.07, 6.45) is 6.46. The zero-order valence-corrected chi connectivity index (χ0v) is 10.6. The summed E-state index contributed by atoms with van der Waals surface area (Å²) in [5, 5.41) is 9.25. The molecular formula is C14H21N3O. The standard InChI is InChI=1S/C14H21N3O/c15-11-8-17(9-11)12-3-1-10(2-4-12)14-6-5-13(18)7-16-14/h5-7,10-12,18H,1-4,8-9,15H2. The molecule has 0 amide bonds. The van der Waals surface area contributed by atoms with Crippen LogP contribution < -0.4 is 5.73 Å². The van der Waals surface area contributed by atoms with Crippen LogP contribution in [0, 0.1) is 0 Å². The molecule has 3 N–H and O–H groups in total. The zero-order valence-electron chi connectivity index (χ0n) is 10.6. The Morgan fingerprint density at radius 3 is 2.44 bits per heavy atom. The van der Waals surface area contributed by atoms with Gasteiger partial charge in [-0.25, -0.2) is 0 Å². The van der Waals surface area contributed by atoms with E-state index >= 15 is 0 Å². The van der Waals surface area contributed by atoms with Gasteiger partial charge in [-0.15, -0.1) is 0 Å². The van der Waals surface area contributed by atoms with Crippen LogP contribution in [-0.2, 0) is 0 Å². The van der Waals surface area contributed by atoms with Crippen LogP contribution in [0.5, 0.6) is 5.75 Å². The highest BCUT2D eigenvalue weighted by Gasteiger charge is 2.33. The summed E-state index contributed by atoms with van der Waals surface area (Å²) in [5.74, 6) is 0.818. The van der Waals surface area contributed by atoms with Gasteiger partial charge in [-0.3, -0.25) is 9.88 Å². The fourth-order valence-electron chi connectivity index (χ4n) is 3.22. The van der Waals surface area contributed by atoms with Gasteiger partial charge in [-0.2, -0.15) is 0 Å². The molecule has 18 heavy (non-hydrogen) atoms. The Labute approximate surface area is 108 Å². The lowest BCUT2D eigenvalue weighted by molar-refractivity contribution is 0.0676. The number of pyridine rings is 1. The third-order valence-electron chi connectivity index (χ3n) is 4.34. The molecule has 1 saturated heterocycles. The van der Waals surface area contributed by atoms with E-state index in [0.717, 1.165) is 24.8 Å². The van der Waals surface area contributed by atoms with Crippen molar-refractivity contribution in [2.45, 2.75) is 43.7 Å². The average Bonchev–Trinajstić information content (AvgIpc) is 2.36. The molecule has 1 saturated carbocycles. The smallest absolute Gasteiger partial charge is 0.133 e. The number of aromatic nitrogens is 1. The first kappa shape index (κ1) is 11.9. The Bertz CT molecular complexity index is 392. The van der Waals surface area contributed by atoms with E-state index in [1.807, 2.05) is 6.07 Å². The Kier molecular flexibility index (Phi) is 3.22. The van der Waals surface area contributed by atoms with Crippen molar-refractivity contribution in [3.05, 3.63) is 24.0 Å². The lowest BCUT2D eigenvalue weighted by Crippen LogP contribution is -2.59. The number of rotatable bonds is 2. The van der Waals surface area contributed by atoms with Crippen molar-refractivity contribution in [2.24, 2.45) is 5.73 Å². The van der Waals surface area contributed by atoms with E-state index in [1.165, 1.54) is 25.7 Å². The molecule has 0 atom stereocenters. The molecule has 1 aromatic rings. The van der Waals surface area contributed by atoms with E-state index in [4.69, 9.17) is 5.73 Å². The second kappa shape index (κ2) is 4.86. The van der Waals surface area contributed by atoms with Gasteiger partial charge >= 0.3 is 0 Å². The minimum atomic E-state index is 0.252. The number of hydrogen-bond donors (Lipinski definition) is 2. The number of hydrogen-bond acceptors (Lipinski definition) is 4. The van der Waals surface area contributed by atoms with Gasteiger partial charge in [0.25, 0.3) is 0 Å². The fraction of sp³-hybridized carbons (Fsp3) is 0.643. The minimum Gasteiger partial charge on any atom is -0.506 e. The Balaban J connectivity index is 1.55. The van der Waals surface area contributed by atoms with Gasteiger partial charge in [0.2, 0.25) is 0 Å². The Morgan fingerprint density at radius 1 is 1.17 bits per heavy atom. The van der Waals surface area contributed by atoms with Gasteiger partial charge in [-0.05, 0) is 37.8 Å². The Hall–Kier alpha value is -1.13. The topological polar surface area (TPSA) is 62.4 Å². The van der Waals surface area contributed by atoms with Crippen molar-refractivity contribution in [3.63, 3.8) is 0 Å². The molecule has 2 heterocycles. The SMILES string of the molecule is NC1CN(C2CCC(c3ccc(O)cn3)CC2)C1. The molecule has 4 nitrogen and oxygen atoms in total. The third-order valence-corrected chi connectivity index (χ3v) is 4.34. The van der Waals surface area contributed by atoms with Gasteiger partial charge < -0.3 is 10.8 Å². The summed E-state index contributed by atoms with van der Waals surface area (Å²) in [5.41, 5.74) is 6.96. The first-order valence-electron chi connectivity index (χ1n) is 6.87. The number of nitrogens with two attached hydrogens (primary N) is 1. The molecule has 0 spiro atoms. The molecule has 1 aliphatic carbocycles. The molecule has 2 fully saturated rings. The predicted molar refractivity (Wildman–Crippen MR) is 70.4 cm³/mol. The van der Waals surface area contributed by atoms with Crippen LogP contribution >= 0.6 is 0 Å². The maximum absolute atomic E-state index is 9.25. The molecule has 2 aliphatic rings. The maximum atomic E-state index is 9.25. The van der Waals surface area contributed by atoms with E-state index in [1.54, 1.807) is 12.3 Å². The van der Waals surface area contributed by atoms with E-state index in [-0.39, 0.29) is 5.75 Å². The van der Waals surface area contributed by atoms with Gasteiger partial charge in [0.15, 0.2) is 0 Å². The highest BCUT2D eigenvalue weighted by atomic mass is 16.3. The molecule has 0 radical (unpaired) electrons. The molecule has 4 heteroatoms. The van der Waals surface area contributed by atoms with Crippen LogP contribution in [0.4, 0.5) is 0 Å². The van der Waals surface area contributed by atoms with E-state index in [0.29, 0.717) is 12.0 Å². The van der Waals surface area contributed by atoms with Crippen molar-refractivity contribution in [1.29, 1.82) is 0 Å². The van der Waals surface area contributed by atoms with Crippen molar-refractivity contribution in [3.8, 4) is 5.75 Å². The molecular weight excluding hydrogens is 226 g/mol. The zero-order chi connectivity index (χ0) is 12.5. The summed E-state index contributed by atoms with van der Waals surface area (Å²) >= 11 is 0. The second-order valence-corrected chi connectivity index (χ2v) is 5.66. The quantitative estimate of drug-likeness (QED) is 0.830. The van der Waals surface area contributed by atoms with Crippen molar-refractivity contribution in [2.75, 3.05) is 13.1 Å². The van der Waals surface area contributed by atoms with Gasteiger partial charge in [0.05, 0.1) is 6.20 Å². The first-order chi connectivity index (χ1) is 8.72. The maximum Gasteiger partial charge on any atom is 0.133 e. The number of aromatic hydroxyl groups is 1. The largest absolute Gasteiger partial charge is 0.506 e. The minimum absolute atomic E-state index is 0.252. The van der Waals surface area contributed by atoms with Gasteiger partial charge in [-0.1, -0.05) is 0 Å². The summed E-state index contributed by atoms with van der Waals surface area (Å²) in [4.78, 5) is 6.85. The van der Waals surface area contributed by atoms with Crippen LogP contribution in [-0.4, -0.2) is 40.2 Å². The number of nitrogens with zero attached hydrogens (tertiary/aromatic N) is 2. The van der Waals surface area contributed by atoms with Crippen LogP contribution in [0.15, 0.2) is 18.3 Å². The molecule has 1 aliphatic heterocycles. The highest BCUT2D eigenvalue weighted by molar-refractivity contribution is 5.20. The van der Waals surface area contributed by atoms with E-state index < -0.39 is 0 Å². The molecule has 3 rings (SSSR count). The molecule has 0 aromatic carbocycles. The summed E-state index contributed by atoms with van der Waals surface area (Å²) < 4.78 is 0.